The predicted molar refractivity (Wildman–Crippen MR) is 118 cm³/mol. The molecule has 0 aliphatic rings. The largest absolute Gasteiger partial charge is 0.490 e. The van der Waals surface area contributed by atoms with Crippen molar-refractivity contribution in [2.24, 2.45) is 0 Å². The summed E-state index contributed by atoms with van der Waals surface area (Å²) in [5.74, 6) is -1.09. The number of nitrogens with one attached hydrogen (secondary N) is 1. The lowest BCUT2D eigenvalue weighted by Crippen LogP contribution is -2.15. The summed E-state index contributed by atoms with van der Waals surface area (Å²) in [7, 11) is 1.31. The second-order valence-corrected chi connectivity index (χ2v) is 7.65. The van der Waals surface area contributed by atoms with Crippen molar-refractivity contribution in [3.63, 3.8) is 0 Å². The maximum atomic E-state index is 12.9. The van der Waals surface area contributed by atoms with Gasteiger partial charge in [0.2, 0.25) is 0 Å². The number of nitrogens with zero attached hydrogens (tertiary/aromatic N) is 1. The van der Waals surface area contributed by atoms with Crippen LogP contribution >= 0.6 is 11.3 Å². The molecule has 0 aliphatic heterocycles. The van der Waals surface area contributed by atoms with Gasteiger partial charge in [0.05, 0.1) is 18.6 Å². The molecule has 3 rings (SSSR count). The van der Waals surface area contributed by atoms with Crippen LogP contribution in [0.2, 0.25) is 0 Å². The van der Waals surface area contributed by atoms with Gasteiger partial charge in [-0.1, -0.05) is 30.3 Å². The number of carbonyl (C=O) groups excluding carboxylic acids is 2. The number of carbonyl (C=O) groups is 2. The van der Waals surface area contributed by atoms with E-state index in [2.05, 4.69) is 5.32 Å². The van der Waals surface area contributed by atoms with Gasteiger partial charge in [0.25, 0.3) is 5.91 Å². The zero-order valence-electron chi connectivity index (χ0n) is 17.1. The summed E-state index contributed by atoms with van der Waals surface area (Å²) in [5.41, 5.74) is 1.49. The number of esters is 1. The van der Waals surface area contributed by atoms with Gasteiger partial charge < -0.3 is 14.8 Å². The van der Waals surface area contributed by atoms with E-state index in [1.165, 1.54) is 30.6 Å². The van der Waals surface area contributed by atoms with Crippen molar-refractivity contribution in [1.82, 2.24) is 0 Å². The number of nitro groups is 1. The van der Waals surface area contributed by atoms with Crippen LogP contribution < -0.4 is 10.1 Å². The minimum absolute atomic E-state index is 0.0482. The van der Waals surface area contributed by atoms with Crippen molar-refractivity contribution in [3.05, 3.63) is 74.6 Å². The van der Waals surface area contributed by atoms with Gasteiger partial charge in [-0.2, -0.15) is 0 Å². The molecule has 2 aromatic carbocycles. The lowest BCUT2D eigenvalue weighted by Gasteiger charge is -2.09. The average molecular weight is 440 g/mol. The van der Waals surface area contributed by atoms with Crippen LogP contribution in [0.3, 0.4) is 0 Å². The van der Waals surface area contributed by atoms with Gasteiger partial charge in [-0.3, -0.25) is 14.9 Å². The predicted octanol–water partition coefficient (Wildman–Crippen LogP) is 5.07. The third kappa shape index (κ3) is 4.56. The van der Waals surface area contributed by atoms with Crippen LogP contribution in [-0.4, -0.2) is 30.5 Å². The number of thiophene rings is 1. The fourth-order valence-electron chi connectivity index (χ4n) is 3.13. The number of aryl methyl sites for hydroxylation is 1. The molecular weight excluding hydrogens is 420 g/mol. The summed E-state index contributed by atoms with van der Waals surface area (Å²) in [5, 5.41) is 14.3. The first-order valence-corrected chi connectivity index (χ1v) is 10.2. The third-order valence-electron chi connectivity index (χ3n) is 4.49. The molecule has 1 aromatic heterocycles. The molecule has 160 valence electrons. The van der Waals surface area contributed by atoms with Gasteiger partial charge >= 0.3 is 11.7 Å². The fraction of sp³-hybridized carbons (Fsp3) is 0.182. The van der Waals surface area contributed by atoms with E-state index >= 15 is 0 Å². The van der Waals surface area contributed by atoms with Crippen LogP contribution in [0.15, 0.2) is 48.5 Å². The molecule has 0 atom stereocenters. The van der Waals surface area contributed by atoms with Gasteiger partial charge in [-0.25, -0.2) is 4.79 Å². The molecule has 9 heteroatoms. The van der Waals surface area contributed by atoms with E-state index in [0.717, 1.165) is 16.5 Å². The summed E-state index contributed by atoms with van der Waals surface area (Å²) in [6, 6.07) is 13.2. The standard InChI is InChI=1S/C22H20N2O6S/c1-4-30-22(26)19-18(14-8-6-5-7-9-14)13(2)31-21(19)23-20(25)15-10-11-17(29-3)16(12-15)24(27)28/h5-12H,4H2,1-3H3,(H,23,25). The minimum Gasteiger partial charge on any atom is -0.490 e. The Morgan fingerprint density at radius 1 is 1.16 bits per heavy atom. The molecule has 1 N–H and O–H groups in total. The van der Waals surface area contributed by atoms with Crippen LogP contribution in [0, 0.1) is 17.0 Å². The highest BCUT2D eigenvalue weighted by Gasteiger charge is 2.26. The Bertz CT molecular complexity index is 1140. The number of hydrogen-bond donors (Lipinski definition) is 1. The summed E-state index contributed by atoms with van der Waals surface area (Å²) in [6.07, 6.45) is 0. The Kier molecular flexibility index (Phi) is 6.66. The molecule has 0 aliphatic carbocycles. The van der Waals surface area contributed by atoms with Crippen molar-refractivity contribution < 1.29 is 24.0 Å². The van der Waals surface area contributed by atoms with Gasteiger partial charge in [0, 0.05) is 22.1 Å². The monoisotopic (exact) mass is 440 g/mol. The number of hydrogen-bond acceptors (Lipinski definition) is 7. The lowest BCUT2D eigenvalue weighted by atomic mass is 10.0. The van der Waals surface area contributed by atoms with Crippen molar-refractivity contribution in [2.75, 3.05) is 19.0 Å². The van der Waals surface area contributed by atoms with Crippen LogP contribution in [0.1, 0.15) is 32.5 Å². The summed E-state index contributed by atoms with van der Waals surface area (Å²) in [4.78, 5) is 37.1. The molecule has 0 bridgehead atoms. The molecule has 3 aromatic rings. The van der Waals surface area contributed by atoms with E-state index in [1.807, 2.05) is 37.3 Å². The Morgan fingerprint density at radius 2 is 1.87 bits per heavy atom. The lowest BCUT2D eigenvalue weighted by molar-refractivity contribution is -0.385. The van der Waals surface area contributed by atoms with Crippen molar-refractivity contribution >= 4 is 33.9 Å². The number of benzene rings is 2. The van der Waals surface area contributed by atoms with Crippen molar-refractivity contribution in [2.45, 2.75) is 13.8 Å². The van der Waals surface area contributed by atoms with Gasteiger partial charge in [-0.05, 0) is 31.5 Å². The number of anilines is 1. The molecule has 0 radical (unpaired) electrons. The molecule has 0 fully saturated rings. The molecule has 1 amide bonds. The quantitative estimate of drug-likeness (QED) is 0.312. The van der Waals surface area contributed by atoms with Crippen molar-refractivity contribution in [3.8, 4) is 16.9 Å². The summed E-state index contributed by atoms with van der Waals surface area (Å²) < 4.78 is 10.2. The molecule has 31 heavy (non-hydrogen) atoms. The normalized spacial score (nSPS) is 10.4. The van der Waals surface area contributed by atoms with E-state index < -0.39 is 16.8 Å². The van der Waals surface area contributed by atoms with E-state index in [4.69, 9.17) is 9.47 Å². The highest BCUT2D eigenvalue weighted by molar-refractivity contribution is 7.17. The van der Waals surface area contributed by atoms with E-state index in [1.54, 1.807) is 6.92 Å². The molecule has 0 spiro atoms. The first-order valence-electron chi connectivity index (χ1n) is 9.37. The number of ether oxygens (including phenoxy) is 2. The average Bonchev–Trinajstić information content (AvgIpc) is 3.09. The number of rotatable bonds is 7. The van der Waals surface area contributed by atoms with Crippen LogP contribution in [0.4, 0.5) is 10.7 Å². The summed E-state index contributed by atoms with van der Waals surface area (Å²) >= 11 is 1.24. The first kappa shape index (κ1) is 22.0. The SMILES string of the molecule is CCOC(=O)c1c(NC(=O)c2ccc(OC)c([N+](=O)[O-])c2)sc(C)c1-c1ccccc1. The smallest absolute Gasteiger partial charge is 0.341 e. The van der Waals surface area contributed by atoms with E-state index in [-0.39, 0.29) is 29.2 Å². The van der Waals surface area contributed by atoms with E-state index in [9.17, 15) is 19.7 Å². The number of nitro benzene ring substituents is 1. The van der Waals surface area contributed by atoms with E-state index in [0.29, 0.717) is 10.6 Å². The molecule has 0 saturated heterocycles. The summed E-state index contributed by atoms with van der Waals surface area (Å²) in [6.45, 7) is 3.73. The molecular formula is C22H20N2O6S. The zero-order valence-corrected chi connectivity index (χ0v) is 17.9. The Balaban J connectivity index is 2.03. The topological polar surface area (TPSA) is 108 Å². The zero-order chi connectivity index (χ0) is 22.5. The Morgan fingerprint density at radius 3 is 2.48 bits per heavy atom. The molecule has 8 nitrogen and oxygen atoms in total. The van der Waals surface area contributed by atoms with Gasteiger partial charge in [0.15, 0.2) is 5.75 Å². The minimum atomic E-state index is -0.623. The number of methoxy groups -OCH3 is 1. The Labute approximate surface area is 182 Å². The maximum absolute atomic E-state index is 12.9. The number of amides is 1. The van der Waals surface area contributed by atoms with Crippen LogP contribution in [-0.2, 0) is 4.74 Å². The highest BCUT2D eigenvalue weighted by Crippen LogP contribution is 2.40. The maximum Gasteiger partial charge on any atom is 0.341 e. The molecule has 0 unspecified atom stereocenters. The third-order valence-corrected chi connectivity index (χ3v) is 5.51. The second-order valence-electron chi connectivity index (χ2n) is 6.42. The van der Waals surface area contributed by atoms with Crippen molar-refractivity contribution in [1.29, 1.82) is 0 Å². The van der Waals surface area contributed by atoms with Crippen LogP contribution in [0.25, 0.3) is 11.1 Å². The fourth-order valence-corrected chi connectivity index (χ4v) is 4.19. The first-order chi connectivity index (χ1) is 14.9. The Hall–Kier alpha value is -3.72. The van der Waals surface area contributed by atoms with Gasteiger partial charge in [0.1, 0.15) is 10.6 Å². The molecule has 1 heterocycles. The molecule has 0 saturated carbocycles. The second kappa shape index (κ2) is 9.40. The van der Waals surface area contributed by atoms with Gasteiger partial charge in [-0.15, -0.1) is 11.3 Å². The van der Waals surface area contributed by atoms with Crippen LogP contribution in [0.5, 0.6) is 5.75 Å². The highest BCUT2D eigenvalue weighted by atomic mass is 32.1.